The standard InChI is InChI=1S/C12H21N3O/c1-8(2)7-10(13)12-14-11(15-16-12)9-5-3-4-6-9/h8-10H,3-7,13H2,1-2H3. The van der Waals surface area contributed by atoms with Crippen LogP contribution in [0.15, 0.2) is 4.52 Å². The fourth-order valence-corrected chi connectivity index (χ4v) is 2.36. The molecule has 90 valence electrons. The number of nitrogens with two attached hydrogens (primary N) is 1. The molecule has 1 aliphatic carbocycles. The van der Waals surface area contributed by atoms with Crippen molar-refractivity contribution in [2.24, 2.45) is 11.7 Å². The Bertz CT molecular complexity index is 329. The minimum absolute atomic E-state index is 0.109. The molecule has 1 aromatic rings. The SMILES string of the molecule is CC(C)CC(N)c1nc(C2CCCC2)no1. The van der Waals surface area contributed by atoms with E-state index in [1.54, 1.807) is 0 Å². The van der Waals surface area contributed by atoms with E-state index in [-0.39, 0.29) is 6.04 Å². The van der Waals surface area contributed by atoms with Gasteiger partial charge in [-0.15, -0.1) is 0 Å². The van der Waals surface area contributed by atoms with Gasteiger partial charge in [0.05, 0.1) is 6.04 Å². The summed E-state index contributed by atoms with van der Waals surface area (Å²) in [5.41, 5.74) is 6.01. The average molecular weight is 223 g/mol. The van der Waals surface area contributed by atoms with Crippen LogP contribution in [-0.2, 0) is 0 Å². The summed E-state index contributed by atoms with van der Waals surface area (Å²) in [5.74, 6) is 2.53. The minimum Gasteiger partial charge on any atom is -0.338 e. The summed E-state index contributed by atoms with van der Waals surface area (Å²) in [4.78, 5) is 4.44. The van der Waals surface area contributed by atoms with E-state index < -0.39 is 0 Å². The van der Waals surface area contributed by atoms with E-state index in [1.165, 1.54) is 25.7 Å². The zero-order chi connectivity index (χ0) is 11.5. The summed E-state index contributed by atoms with van der Waals surface area (Å²) in [7, 11) is 0. The number of hydrogen-bond donors (Lipinski definition) is 1. The highest BCUT2D eigenvalue weighted by Crippen LogP contribution is 2.32. The number of rotatable bonds is 4. The van der Waals surface area contributed by atoms with Gasteiger partial charge in [-0.1, -0.05) is 31.8 Å². The number of hydrogen-bond acceptors (Lipinski definition) is 4. The molecule has 1 saturated carbocycles. The molecule has 0 spiro atoms. The lowest BCUT2D eigenvalue weighted by Gasteiger charge is -2.08. The number of aromatic nitrogens is 2. The van der Waals surface area contributed by atoms with Crippen LogP contribution < -0.4 is 5.73 Å². The van der Waals surface area contributed by atoms with Crippen LogP contribution in [0.5, 0.6) is 0 Å². The molecule has 0 saturated heterocycles. The Morgan fingerprint density at radius 3 is 2.69 bits per heavy atom. The molecule has 0 aromatic carbocycles. The fraction of sp³-hybridized carbons (Fsp3) is 0.833. The lowest BCUT2D eigenvalue weighted by atomic mass is 10.0. The highest BCUT2D eigenvalue weighted by atomic mass is 16.5. The maximum atomic E-state index is 6.01. The van der Waals surface area contributed by atoms with Crippen LogP contribution in [0.4, 0.5) is 0 Å². The van der Waals surface area contributed by atoms with Crippen molar-refractivity contribution in [2.75, 3.05) is 0 Å². The van der Waals surface area contributed by atoms with Crippen molar-refractivity contribution in [1.82, 2.24) is 10.1 Å². The Morgan fingerprint density at radius 2 is 2.06 bits per heavy atom. The van der Waals surface area contributed by atoms with E-state index in [2.05, 4.69) is 24.0 Å². The lowest BCUT2D eigenvalue weighted by molar-refractivity contribution is 0.331. The van der Waals surface area contributed by atoms with Gasteiger partial charge in [0.1, 0.15) is 0 Å². The molecule has 0 radical (unpaired) electrons. The molecule has 1 heterocycles. The van der Waals surface area contributed by atoms with Crippen LogP contribution in [0.3, 0.4) is 0 Å². The summed E-state index contributed by atoms with van der Waals surface area (Å²) in [6, 6.07) is -0.109. The van der Waals surface area contributed by atoms with E-state index in [0.29, 0.717) is 17.7 Å². The Hall–Kier alpha value is -0.900. The first kappa shape index (κ1) is 11.6. The van der Waals surface area contributed by atoms with Crippen LogP contribution in [-0.4, -0.2) is 10.1 Å². The van der Waals surface area contributed by atoms with Gasteiger partial charge in [-0.25, -0.2) is 0 Å². The van der Waals surface area contributed by atoms with Gasteiger partial charge in [-0.3, -0.25) is 0 Å². The molecule has 0 amide bonds. The van der Waals surface area contributed by atoms with Crippen molar-refractivity contribution in [2.45, 2.75) is 57.9 Å². The van der Waals surface area contributed by atoms with Crippen molar-refractivity contribution in [1.29, 1.82) is 0 Å². The van der Waals surface area contributed by atoms with E-state index in [9.17, 15) is 0 Å². The number of nitrogens with zero attached hydrogens (tertiary/aromatic N) is 2. The molecule has 1 aromatic heterocycles. The first-order valence-corrected chi connectivity index (χ1v) is 6.26. The normalized spacial score (nSPS) is 19.5. The third-order valence-corrected chi connectivity index (χ3v) is 3.22. The van der Waals surface area contributed by atoms with Crippen molar-refractivity contribution >= 4 is 0 Å². The summed E-state index contributed by atoms with van der Waals surface area (Å²) in [6.45, 7) is 4.29. The van der Waals surface area contributed by atoms with Crippen LogP contribution >= 0.6 is 0 Å². The predicted molar refractivity (Wildman–Crippen MR) is 61.9 cm³/mol. The highest BCUT2D eigenvalue weighted by molar-refractivity contribution is 5.00. The molecule has 16 heavy (non-hydrogen) atoms. The van der Waals surface area contributed by atoms with Crippen LogP contribution in [0.1, 0.15) is 69.6 Å². The summed E-state index contributed by atoms with van der Waals surface area (Å²) < 4.78 is 5.25. The predicted octanol–water partition coefficient (Wildman–Crippen LogP) is 2.77. The molecular weight excluding hydrogens is 202 g/mol. The lowest BCUT2D eigenvalue weighted by Crippen LogP contribution is -2.13. The molecule has 0 aliphatic heterocycles. The van der Waals surface area contributed by atoms with Crippen molar-refractivity contribution in [3.8, 4) is 0 Å². The third kappa shape index (κ3) is 2.61. The molecule has 4 heteroatoms. The molecule has 0 bridgehead atoms. The van der Waals surface area contributed by atoms with E-state index in [1.807, 2.05) is 0 Å². The molecule has 1 fully saturated rings. The molecule has 1 atom stereocenters. The smallest absolute Gasteiger partial charge is 0.243 e. The zero-order valence-electron chi connectivity index (χ0n) is 10.1. The second kappa shape index (κ2) is 4.95. The van der Waals surface area contributed by atoms with Gasteiger partial charge in [0.15, 0.2) is 5.82 Å². The van der Waals surface area contributed by atoms with Gasteiger partial charge in [0, 0.05) is 5.92 Å². The quantitative estimate of drug-likeness (QED) is 0.852. The van der Waals surface area contributed by atoms with Crippen LogP contribution in [0, 0.1) is 5.92 Å². The summed E-state index contributed by atoms with van der Waals surface area (Å²) in [6.07, 6.45) is 5.85. The first-order valence-electron chi connectivity index (χ1n) is 6.26. The van der Waals surface area contributed by atoms with Crippen LogP contribution in [0.25, 0.3) is 0 Å². The van der Waals surface area contributed by atoms with Gasteiger partial charge < -0.3 is 10.3 Å². The third-order valence-electron chi connectivity index (χ3n) is 3.22. The van der Waals surface area contributed by atoms with Crippen LogP contribution in [0.2, 0.25) is 0 Å². The summed E-state index contributed by atoms with van der Waals surface area (Å²) >= 11 is 0. The van der Waals surface area contributed by atoms with Gasteiger partial charge >= 0.3 is 0 Å². The maximum absolute atomic E-state index is 6.01. The topological polar surface area (TPSA) is 64.9 Å². The van der Waals surface area contributed by atoms with Crippen molar-refractivity contribution in [3.05, 3.63) is 11.7 Å². The molecule has 1 aliphatic rings. The second-order valence-corrected chi connectivity index (χ2v) is 5.21. The molecule has 2 N–H and O–H groups in total. The average Bonchev–Trinajstić information content (AvgIpc) is 2.87. The van der Waals surface area contributed by atoms with E-state index in [4.69, 9.17) is 10.3 Å². The zero-order valence-corrected chi connectivity index (χ0v) is 10.1. The van der Waals surface area contributed by atoms with Gasteiger partial charge in [0.25, 0.3) is 0 Å². The van der Waals surface area contributed by atoms with Gasteiger partial charge in [-0.05, 0) is 25.2 Å². The molecular formula is C12H21N3O. The first-order chi connectivity index (χ1) is 7.66. The van der Waals surface area contributed by atoms with Crippen molar-refractivity contribution < 1.29 is 4.52 Å². The van der Waals surface area contributed by atoms with Gasteiger partial charge in [-0.2, -0.15) is 4.98 Å². The highest BCUT2D eigenvalue weighted by Gasteiger charge is 2.24. The van der Waals surface area contributed by atoms with E-state index in [0.717, 1.165) is 12.2 Å². The Morgan fingerprint density at radius 1 is 1.38 bits per heavy atom. The second-order valence-electron chi connectivity index (χ2n) is 5.21. The Kier molecular flexibility index (Phi) is 3.59. The molecule has 4 nitrogen and oxygen atoms in total. The molecule has 1 unspecified atom stereocenters. The van der Waals surface area contributed by atoms with Gasteiger partial charge in [0.2, 0.25) is 5.89 Å². The monoisotopic (exact) mass is 223 g/mol. The van der Waals surface area contributed by atoms with Crippen molar-refractivity contribution in [3.63, 3.8) is 0 Å². The molecule has 2 rings (SSSR count). The maximum Gasteiger partial charge on any atom is 0.243 e. The Balaban J connectivity index is 2.00. The summed E-state index contributed by atoms with van der Waals surface area (Å²) in [5, 5.41) is 4.06. The fourth-order valence-electron chi connectivity index (χ4n) is 2.36. The minimum atomic E-state index is -0.109. The van der Waals surface area contributed by atoms with E-state index >= 15 is 0 Å². The Labute approximate surface area is 96.6 Å². The largest absolute Gasteiger partial charge is 0.338 e.